The molecule has 0 aromatic heterocycles. The first-order valence-corrected chi connectivity index (χ1v) is 10.3. The molecule has 0 saturated heterocycles. The minimum atomic E-state index is -0.463. The van der Waals surface area contributed by atoms with Gasteiger partial charge in [-0.1, -0.05) is 19.9 Å². The fourth-order valence-electron chi connectivity index (χ4n) is 2.70. The van der Waals surface area contributed by atoms with E-state index in [4.69, 9.17) is 0 Å². The van der Waals surface area contributed by atoms with Gasteiger partial charge in [0.05, 0.1) is 10.2 Å². The number of carbonyl (C=O) groups excluding carboxylic acids is 2. The van der Waals surface area contributed by atoms with E-state index in [9.17, 15) is 19.7 Å². The van der Waals surface area contributed by atoms with Crippen molar-refractivity contribution in [2.24, 2.45) is 0 Å². The number of carbonyl (C=O) groups is 2. The maximum Gasteiger partial charge on any atom is 0.269 e. The molecule has 0 saturated carbocycles. The van der Waals surface area contributed by atoms with E-state index >= 15 is 0 Å². The molecule has 0 heterocycles. The number of nitrogens with one attached hydrogen (secondary N) is 2. The SMILES string of the molecule is CCCC(=O)Nc1cccc(SC(CC)C(=O)Nc2ccc([N+](=O)[O-])cc2C)c1. The van der Waals surface area contributed by atoms with Crippen LogP contribution >= 0.6 is 11.8 Å². The highest BCUT2D eigenvalue weighted by Gasteiger charge is 2.19. The van der Waals surface area contributed by atoms with Gasteiger partial charge < -0.3 is 10.6 Å². The maximum atomic E-state index is 12.7. The number of nitrogens with zero attached hydrogens (tertiary/aromatic N) is 1. The number of aryl methyl sites for hydroxylation is 1. The molecule has 2 N–H and O–H groups in total. The molecule has 2 aromatic carbocycles. The third kappa shape index (κ3) is 6.60. The first-order chi connectivity index (χ1) is 13.8. The van der Waals surface area contributed by atoms with Crippen molar-refractivity contribution < 1.29 is 14.5 Å². The molecule has 2 aromatic rings. The van der Waals surface area contributed by atoms with Crippen molar-refractivity contribution in [3.8, 4) is 0 Å². The molecular weight excluding hydrogens is 390 g/mol. The van der Waals surface area contributed by atoms with Gasteiger partial charge >= 0.3 is 0 Å². The molecule has 29 heavy (non-hydrogen) atoms. The first-order valence-electron chi connectivity index (χ1n) is 9.46. The van der Waals surface area contributed by atoms with Crippen molar-refractivity contribution >= 4 is 40.6 Å². The summed E-state index contributed by atoms with van der Waals surface area (Å²) in [5, 5.41) is 16.2. The topological polar surface area (TPSA) is 101 Å². The molecule has 0 aliphatic heterocycles. The fourth-order valence-corrected chi connectivity index (χ4v) is 3.71. The Morgan fingerprint density at radius 1 is 1.14 bits per heavy atom. The molecule has 0 spiro atoms. The second-order valence-corrected chi connectivity index (χ2v) is 7.86. The summed E-state index contributed by atoms with van der Waals surface area (Å²) < 4.78 is 0. The average molecular weight is 416 g/mol. The predicted molar refractivity (Wildman–Crippen MR) is 116 cm³/mol. The Kier molecular flexibility index (Phi) is 8.21. The molecule has 154 valence electrons. The second kappa shape index (κ2) is 10.6. The summed E-state index contributed by atoms with van der Waals surface area (Å²) in [7, 11) is 0. The summed E-state index contributed by atoms with van der Waals surface area (Å²) in [6.45, 7) is 5.59. The Balaban J connectivity index is 2.07. The van der Waals surface area contributed by atoms with Crippen LogP contribution in [0.2, 0.25) is 0 Å². The second-order valence-electron chi connectivity index (χ2n) is 6.59. The lowest BCUT2D eigenvalue weighted by Crippen LogP contribution is -2.25. The summed E-state index contributed by atoms with van der Waals surface area (Å²) >= 11 is 1.41. The zero-order chi connectivity index (χ0) is 21.4. The van der Waals surface area contributed by atoms with Crippen molar-refractivity contribution in [2.45, 2.75) is 50.2 Å². The molecule has 8 heteroatoms. The van der Waals surface area contributed by atoms with E-state index in [0.29, 0.717) is 29.8 Å². The van der Waals surface area contributed by atoms with Gasteiger partial charge in [0.15, 0.2) is 0 Å². The lowest BCUT2D eigenvalue weighted by molar-refractivity contribution is -0.384. The Hall–Kier alpha value is -2.87. The summed E-state index contributed by atoms with van der Waals surface area (Å²) in [6.07, 6.45) is 1.85. The van der Waals surface area contributed by atoms with Gasteiger partial charge in [-0.2, -0.15) is 0 Å². The molecular formula is C21H25N3O4S. The van der Waals surface area contributed by atoms with Crippen LogP contribution in [0.3, 0.4) is 0 Å². The van der Waals surface area contributed by atoms with Crippen molar-refractivity contribution in [1.29, 1.82) is 0 Å². The number of non-ortho nitro benzene ring substituents is 1. The van der Waals surface area contributed by atoms with Gasteiger partial charge in [0, 0.05) is 34.8 Å². The number of hydrogen-bond acceptors (Lipinski definition) is 5. The van der Waals surface area contributed by atoms with Crippen LogP contribution in [-0.4, -0.2) is 22.0 Å². The van der Waals surface area contributed by atoms with Crippen LogP contribution in [0, 0.1) is 17.0 Å². The monoisotopic (exact) mass is 415 g/mol. The van der Waals surface area contributed by atoms with Crippen LogP contribution in [0.25, 0.3) is 0 Å². The van der Waals surface area contributed by atoms with Gasteiger partial charge in [-0.3, -0.25) is 19.7 Å². The lowest BCUT2D eigenvalue weighted by Gasteiger charge is -2.16. The van der Waals surface area contributed by atoms with Gasteiger partial charge in [-0.25, -0.2) is 0 Å². The number of benzene rings is 2. The third-order valence-corrected chi connectivity index (χ3v) is 5.57. The van der Waals surface area contributed by atoms with Crippen LogP contribution < -0.4 is 10.6 Å². The number of rotatable bonds is 9. The smallest absolute Gasteiger partial charge is 0.269 e. The Morgan fingerprint density at radius 2 is 1.90 bits per heavy atom. The molecule has 1 atom stereocenters. The minimum Gasteiger partial charge on any atom is -0.326 e. The Labute approximate surface area is 174 Å². The minimum absolute atomic E-state index is 0.0103. The highest BCUT2D eigenvalue weighted by Crippen LogP contribution is 2.29. The van der Waals surface area contributed by atoms with Crippen LogP contribution in [0.5, 0.6) is 0 Å². The number of hydrogen-bond donors (Lipinski definition) is 2. The highest BCUT2D eigenvalue weighted by atomic mass is 32.2. The average Bonchev–Trinajstić information content (AvgIpc) is 2.67. The van der Waals surface area contributed by atoms with Crippen LogP contribution in [0.4, 0.5) is 17.1 Å². The van der Waals surface area contributed by atoms with E-state index in [1.807, 2.05) is 38.1 Å². The number of anilines is 2. The summed E-state index contributed by atoms with van der Waals surface area (Å²) in [4.78, 5) is 35.8. The molecule has 2 rings (SSSR count). The normalized spacial score (nSPS) is 11.6. The van der Waals surface area contributed by atoms with E-state index in [-0.39, 0.29) is 22.8 Å². The zero-order valence-electron chi connectivity index (χ0n) is 16.7. The van der Waals surface area contributed by atoms with Crippen LogP contribution in [-0.2, 0) is 9.59 Å². The van der Waals surface area contributed by atoms with Crippen molar-refractivity contribution in [1.82, 2.24) is 0 Å². The summed E-state index contributed by atoms with van der Waals surface area (Å²) in [5.74, 6) is -0.206. The maximum absolute atomic E-state index is 12.7. The van der Waals surface area contributed by atoms with Crippen molar-refractivity contribution in [2.75, 3.05) is 10.6 Å². The van der Waals surface area contributed by atoms with E-state index in [1.54, 1.807) is 13.0 Å². The molecule has 1 unspecified atom stereocenters. The van der Waals surface area contributed by atoms with Gasteiger partial charge in [-0.05, 0) is 49.6 Å². The third-order valence-electron chi connectivity index (χ3n) is 4.22. The fraction of sp³-hybridized carbons (Fsp3) is 0.333. The highest BCUT2D eigenvalue weighted by molar-refractivity contribution is 8.00. The quantitative estimate of drug-likeness (QED) is 0.335. The molecule has 0 fully saturated rings. The van der Waals surface area contributed by atoms with Crippen LogP contribution in [0.1, 0.15) is 38.7 Å². The first kappa shape index (κ1) is 22.4. The number of nitro groups is 1. The Morgan fingerprint density at radius 3 is 2.52 bits per heavy atom. The van der Waals surface area contributed by atoms with Crippen molar-refractivity contribution in [3.63, 3.8) is 0 Å². The Bertz CT molecular complexity index is 901. The van der Waals surface area contributed by atoms with E-state index in [1.165, 1.54) is 23.9 Å². The zero-order valence-corrected chi connectivity index (χ0v) is 17.5. The summed E-state index contributed by atoms with van der Waals surface area (Å²) in [6, 6.07) is 11.8. The van der Waals surface area contributed by atoms with Crippen LogP contribution in [0.15, 0.2) is 47.4 Å². The van der Waals surface area contributed by atoms with Gasteiger partial charge in [-0.15, -0.1) is 11.8 Å². The predicted octanol–water partition coefficient (Wildman–Crippen LogP) is 5.15. The van der Waals surface area contributed by atoms with E-state index < -0.39 is 4.92 Å². The van der Waals surface area contributed by atoms with E-state index in [2.05, 4.69) is 10.6 Å². The van der Waals surface area contributed by atoms with Gasteiger partial charge in [0.2, 0.25) is 11.8 Å². The molecule has 0 radical (unpaired) electrons. The van der Waals surface area contributed by atoms with Crippen molar-refractivity contribution in [3.05, 3.63) is 58.1 Å². The van der Waals surface area contributed by atoms with E-state index in [0.717, 1.165) is 11.3 Å². The lowest BCUT2D eigenvalue weighted by atomic mass is 10.1. The molecule has 2 amide bonds. The van der Waals surface area contributed by atoms with Gasteiger partial charge in [0.25, 0.3) is 5.69 Å². The number of nitro benzene ring substituents is 1. The largest absolute Gasteiger partial charge is 0.326 e. The molecule has 0 bridgehead atoms. The van der Waals surface area contributed by atoms with Gasteiger partial charge in [0.1, 0.15) is 0 Å². The molecule has 0 aliphatic carbocycles. The molecule has 0 aliphatic rings. The standard InChI is InChI=1S/C21H25N3O4S/c1-4-7-20(25)22-15-8-6-9-17(13-15)29-19(5-2)21(26)23-18-11-10-16(24(27)28)12-14(18)3/h6,8-13,19H,4-5,7H2,1-3H3,(H,22,25)(H,23,26). The summed E-state index contributed by atoms with van der Waals surface area (Å²) in [5.41, 5.74) is 1.88. The number of amides is 2. The molecule has 7 nitrogen and oxygen atoms in total. The number of thioether (sulfide) groups is 1.